The third kappa shape index (κ3) is 5.21. The van der Waals surface area contributed by atoms with Crippen LogP contribution in [0.25, 0.3) is 0 Å². The van der Waals surface area contributed by atoms with E-state index in [0.717, 1.165) is 6.42 Å². The number of hydrogen-bond acceptors (Lipinski definition) is 4. The van der Waals surface area contributed by atoms with Gasteiger partial charge < -0.3 is 9.64 Å². The number of sulfonamides is 1. The van der Waals surface area contributed by atoms with Crippen molar-refractivity contribution >= 4 is 16.1 Å². The number of carbonyl (C=O) groups is 1. The first-order chi connectivity index (χ1) is 10.7. The fourth-order valence-corrected chi connectivity index (χ4v) is 3.74. The lowest BCUT2D eigenvalue weighted by molar-refractivity contribution is 0.0195. The Labute approximate surface area is 137 Å². The molecule has 1 amide bonds. The molecule has 7 heteroatoms. The second kappa shape index (κ2) is 6.88. The molecule has 0 saturated carbocycles. The van der Waals surface area contributed by atoms with E-state index >= 15 is 0 Å². The Morgan fingerprint density at radius 2 is 1.91 bits per heavy atom. The van der Waals surface area contributed by atoms with Gasteiger partial charge in [0.05, 0.1) is 4.90 Å². The van der Waals surface area contributed by atoms with E-state index < -0.39 is 21.7 Å². The van der Waals surface area contributed by atoms with Gasteiger partial charge in [0.25, 0.3) is 0 Å². The molecule has 1 unspecified atom stereocenters. The van der Waals surface area contributed by atoms with E-state index in [0.29, 0.717) is 19.5 Å². The molecule has 128 valence electrons. The third-order valence-corrected chi connectivity index (χ3v) is 4.98. The van der Waals surface area contributed by atoms with Crippen molar-refractivity contribution in [2.45, 2.75) is 50.2 Å². The Hall–Kier alpha value is -1.60. The zero-order valence-electron chi connectivity index (χ0n) is 13.8. The quantitative estimate of drug-likeness (QED) is 0.916. The highest BCUT2D eigenvalue weighted by molar-refractivity contribution is 7.89. The first kappa shape index (κ1) is 17.7. The molecule has 1 N–H and O–H groups in total. The predicted molar refractivity (Wildman–Crippen MR) is 87.6 cm³/mol. The van der Waals surface area contributed by atoms with Gasteiger partial charge in [0.15, 0.2) is 0 Å². The van der Waals surface area contributed by atoms with Gasteiger partial charge >= 0.3 is 6.09 Å². The van der Waals surface area contributed by atoms with Crippen molar-refractivity contribution in [1.29, 1.82) is 0 Å². The SMILES string of the molecule is CC(C)(C)OC(=O)N1CCCC(NS(=O)(=O)c2ccccc2)C1. The van der Waals surface area contributed by atoms with E-state index in [1.54, 1.807) is 35.2 Å². The second-order valence-electron chi connectivity index (χ2n) is 6.70. The van der Waals surface area contributed by atoms with Crippen LogP contribution in [0.1, 0.15) is 33.6 Å². The number of piperidine rings is 1. The van der Waals surface area contributed by atoms with Crippen LogP contribution >= 0.6 is 0 Å². The van der Waals surface area contributed by atoms with Crippen LogP contribution in [0, 0.1) is 0 Å². The van der Waals surface area contributed by atoms with Crippen molar-refractivity contribution in [3.63, 3.8) is 0 Å². The van der Waals surface area contributed by atoms with Gasteiger partial charge in [0.1, 0.15) is 5.60 Å². The van der Waals surface area contributed by atoms with Gasteiger partial charge in [-0.2, -0.15) is 0 Å². The maximum atomic E-state index is 12.4. The van der Waals surface area contributed by atoms with Crippen LogP contribution in [0.15, 0.2) is 35.2 Å². The monoisotopic (exact) mass is 340 g/mol. The first-order valence-corrected chi connectivity index (χ1v) is 9.21. The summed E-state index contributed by atoms with van der Waals surface area (Å²) in [5.41, 5.74) is -0.562. The number of nitrogens with one attached hydrogen (secondary N) is 1. The van der Waals surface area contributed by atoms with E-state index in [4.69, 9.17) is 4.74 Å². The summed E-state index contributed by atoms with van der Waals surface area (Å²) in [5, 5.41) is 0. The highest BCUT2D eigenvalue weighted by atomic mass is 32.2. The van der Waals surface area contributed by atoms with Gasteiger partial charge in [-0.15, -0.1) is 0 Å². The molecule has 0 spiro atoms. The Kier molecular flexibility index (Phi) is 5.31. The van der Waals surface area contributed by atoms with Gasteiger partial charge in [-0.3, -0.25) is 0 Å². The number of ether oxygens (including phenoxy) is 1. The molecule has 1 heterocycles. The zero-order valence-corrected chi connectivity index (χ0v) is 14.6. The lowest BCUT2D eigenvalue weighted by Gasteiger charge is -2.34. The first-order valence-electron chi connectivity index (χ1n) is 7.73. The lowest BCUT2D eigenvalue weighted by Crippen LogP contribution is -2.50. The van der Waals surface area contributed by atoms with E-state index in [1.807, 2.05) is 20.8 Å². The van der Waals surface area contributed by atoms with Gasteiger partial charge in [-0.25, -0.2) is 17.9 Å². The Balaban J connectivity index is 2.00. The summed E-state index contributed by atoms with van der Waals surface area (Å²) in [6.45, 7) is 6.33. The number of amides is 1. The number of hydrogen-bond donors (Lipinski definition) is 1. The number of rotatable bonds is 3. The maximum Gasteiger partial charge on any atom is 0.410 e. The van der Waals surface area contributed by atoms with Crippen LogP contribution in [-0.4, -0.2) is 44.1 Å². The fourth-order valence-electron chi connectivity index (χ4n) is 2.45. The molecular weight excluding hydrogens is 316 g/mol. The average molecular weight is 340 g/mol. The Bertz CT molecular complexity index is 638. The lowest BCUT2D eigenvalue weighted by atomic mass is 10.1. The molecule has 2 rings (SSSR count). The summed E-state index contributed by atoms with van der Waals surface area (Å²) in [5.74, 6) is 0. The minimum Gasteiger partial charge on any atom is -0.444 e. The van der Waals surface area contributed by atoms with E-state index in [9.17, 15) is 13.2 Å². The van der Waals surface area contributed by atoms with Crippen LogP contribution in [0.2, 0.25) is 0 Å². The number of likely N-dealkylation sites (tertiary alicyclic amines) is 1. The normalized spacial score (nSPS) is 19.4. The van der Waals surface area contributed by atoms with E-state index in [1.165, 1.54) is 0 Å². The number of carbonyl (C=O) groups excluding carboxylic acids is 1. The van der Waals surface area contributed by atoms with Crippen LogP contribution < -0.4 is 4.72 Å². The van der Waals surface area contributed by atoms with Crippen molar-refractivity contribution in [1.82, 2.24) is 9.62 Å². The molecule has 0 aromatic heterocycles. The zero-order chi connectivity index (χ0) is 17.1. The second-order valence-corrected chi connectivity index (χ2v) is 8.41. The maximum absolute atomic E-state index is 12.4. The molecule has 1 atom stereocenters. The standard InChI is InChI=1S/C16H24N2O4S/c1-16(2,3)22-15(19)18-11-7-8-13(12-18)17-23(20,21)14-9-5-4-6-10-14/h4-6,9-10,13,17H,7-8,11-12H2,1-3H3. The highest BCUT2D eigenvalue weighted by Gasteiger charge is 2.30. The summed E-state index contributed by atoms with van der Waals surface area (Å²) in [7, 11) is -3.57. The molecule has 23 heavy (non-hydrogen) atoms. The van der Waals surface area contributed by atoms with Gasteiger partial charge in [-0.05, 0) is 45.7 Å². The minimum absolute atomic E-state index is 0.231. The van der Waals surface area contributed by atoms with Crippen molar-refractivity contribution in [2.75, 3.05) is 13.1 Å². The summed E-state index contributed by atoms with van der Waals surface area (Å²) in [4.78, 5) is 13.9. The van der Waals surface area contributed by atoms with Crippen molar-refractivity contribution in [3.8, 4) is 0 Å². The minimum atomic E-state index is -3.57. The van der Waals surface area contributed by atoms with Crippen LogP contribution in [0.4, 0.5) is 4.79 Å². The Morgan fingerprint density at radius 1 is 1.26 bits per heavy atom. The molecule has 1 aliphatic heterocycles. The summed E-state index contributed by atoms with van der Waals surface area (Å²) < 4.78 is 32.8. The third-order valence-electron chi connectivity index (χ3n) is 3.45. The van der Waals surface area contributed by atoms with Crippen LogP contribution in [-0.2, 0) is 14.8 Å². The van der Waals surface area contributed by atoms with Gasteiger partial charge in [-0.1, -0.05) is 18.2 Å². The van der Waals surface area contributed by atoms with Crippen LogP contribution in [0.5, 0.6) is 0 Å². The largest absolute Gasteiger partial charge is 0.444 e. The fraction of sp³-hybridized carbons (Fsp3) is 0.562. The van der Waals surface area contributed by atoms with Crippen molar-refractivity contribution in [3.05, 3.63) is 30.3 Å². The molecule has 0 radical (unpaired) electrons. The molecule has 1 saturated heterocycles. The summed E-state index contributed by atoms with van der Waals surface area (Å²) in [6, 6.07) is 7.93. The molecule has 1 aromatic rings. The molecule has 0 bridgehead atoms. The highest BCUT2D eigenvalue weighted by Crippen LogP contribution is 2.17. The average Bonchev–Trinajstić information content (AvgIpc) is 2.46. The molecule has 1 aliphatic rings. The van der Waals surface area contributed by atoms with Gasteiger partial charge in [0.2, 0.25) is 10.0 Å². The topological polar surface area (TPSA) is 75.7 Å². The van der Waals surface area contributed by atoms with Gasteiger partial charge in [0, 0.05) is 19.1 Å². The Morgan fingerprint density at radius 3 is 2.52 bits per heavy atom. The summed E-state index contributed by atoms with van der Waals surface area (Å²) in [6.07, 6.45) is 1.04. The smallest absolute Gasteiger partial charge is 0.410 e. The predicted octanol–water partition coefficient (Wildman–Crippen LogP) is 2.36. The molecule has 1 aromatic carbocycles. The molecular formula is C16H24N2O4S. The molecule has 0 aliphatic carbocycles. The van der Waals surface area contributed by atoms with Crippen LogP contribution in [0.3, 0.4) is 0 Å². The van der Waals surface area contributed by atoms with E-state index in [2.05, 4.69) is 4.72 Å². The van der Waals surface area contributed by atoms with E-state index in [-0.39, 0.29) is 10.9 Å². The number of benzene rings is 1. The summed E-state index contributed by atoms with van der Waals surface area (Å²) >= 11 is 0. The number of nitrogens with zero attached hydrogens (tertiary/aromatic N) is 1. The van der Waals surface area contributed by atoms with Crippen molar-refractivity contribution < 1.29 is 17.9 Å². The molecule has 6 nitrogen and oxygen atoms in total. The molecule has 1 fully saturated rings. The van der Waals surface area contributed by atoms with Crippen molar-refractivity contribution in [2.24, 2.45) is 0 Å².